The van der Waals surface area contributed by atoms with Crippen LogP contribution in [0.15, 0.2) is 15.9 Å². The van der Waals surface area contributed by atoms with Crippen molar-refractivity contribution in [1.29, 1.82) is 0 Å². The largest absolute Gasteiger partial charge is 0.371 e. The first kappa shape index (κ1) is 11.6. The Morgan fingerprint density at radius 1 is 1.60 bits per heavy atom. The number of hydrogen-bond acceptors (Lipinski definition) is 3. The second kappa shape index (κ2) is 4.53. The molecule has 0 saturated carbocycles. The van der Waals surface area contributed by atoms with Gasteiger partial charge in [-0.05, 0) is 42.3 Å². The van der Waals surface area contributed by atoms with Crippen LogP contribution in [0.2, 0.25) is 0 Å². The number of thiophene rings is 1. The zero-order chi connectivity index (χ0) is 10.9. The summed E-state index contributed by atoms with van der Waals surface area (Å²) in [5.74, 6) is 0. The Labute approximate surface area is 103 Å². The van der Waals surface area contributed by atoms with Crippen molar-refractivity contribution < 1.29 is 4.74 Å². The van der Waals surface area contributed by atoms with Crippen LogP contribution in [0.3, 0.4) is 0 Å². The number of nitrogens with one attached hydrogen (secondary N) is 1. The molecule has 1 N–H and O–H groups in total. The summed E-state index contributed by atoms with van der Waals surface area (Å²) in [5, 5.41) is 5.65. The van der Waals surface area contributed by atoms with E-state index in [4.69, 9.17) is 4.74 Å². The molecule has 1 aliphatic heterocycles. The Balaban J connectivity index is 2.05. The third-order valence-electron chi connectivity index (χ3n) is 2.72. The molecule has 0 amide bonds. The monoisotopic (exact) mass is 289 g/mol. The minimum atomic E-state index is 0.198. The Hall–Kier alpha value is 0.1000. The van der Waals surface area contributed by atoms with Gasteiger partial charge in [0.25, 0.3) is 0 Å². The zero-order valence-corrected chi connectivity index (χ0v) is 11.5. The lowest BCUT2D eigenvalue weighted by atomic mass is 10.0. The molecular weight excluding hydrogens is 274 g/mol. The van der Waals surface area contributed by atoms with E-state index in [-0.39, 0.29) is 11.6 Å². The van der Waals surface area contributed by atoms with Gasteiger partial charge in [0.2, 0.25) is 0 Å². The molecule has 2 heterocycles. The first-order valence-corrected chi connectivity index (χ1v) is 6.85. The fourth-order valence-electron chi connectivity index (χ4n) is 1.65. The van der Waals surface area contributed by atoms with Crippen LogP contribution in [0.25, 0.3) is 0 Å². The van der Waals surface area contributed by atoms with E-state index < -0.39 is 0 Å². The predicted octanol–water partition coefficient (Wildman–Crippen LogP) is 3.34. The molecule has 1 atom stereocenters. The van der Waals surface area contributed by atoms with Gasteiger partial charge in [0.05, 0.1) is 0 Å². The van der Waals surface area contributed by atoms with Crippen LogP contribution in [0.1, 0.15) is 31.2 Å². The summed E-state index contributed by atoms with van der Waals surface area (Å²) in [6, 6.07) is 2.15. The van der Waals surface area contributed by atoms with Gasteiger partial charge >= 0.3 is 0 Å². The molecule has 1 unspecified atom stereocenters. The SMILES string of the molecule is CC1(C)CCOC(c2cc(Br)cs2)CN1. The van der Waals surface area contributed by atoms with Crippen molar-refractivity contribution in [2.24, 2.45) is 0 Å². The average molecular weight is 290 g/mol. The fraction of sp³-hybridized carbons (Fsp3) is 0.636. The van der Waals surface area contributed by atoms with Gasteiger partial charge in [-0.25, -0.2) is 0 Å². The van der Waals surface area contributed by atoms with Gasteiger partial charge < -0.3 is 10.1 Å². The minimum Gasteiger partial charge on any atom is -0.371 e. The number of halogens is 1. The lowest BCUT2D eigenvalue weighted by Gasteiger charge is -2.23. The van der Waals surface area contributed by atoms with Crippen LogP contribution in [-0.2, 0) is 4.74 Å². The smallest absolute Gasteiger partial charge is 0.104 e. The quantitative estimate of drug-likeness (QED) is 0.856. The second-order valence-electron chi connectivity index (χ2n) is 4.54. The topological polar surface area (TPSA) is 21.3 Å². The maximum absolute atomic E-state index is 5.87. The standard InChI is InChI=1S/C11H16BrNOS/c1-11(2)3-4-14-9(6-13-11)10-5-8(12)7-15-10/h5,7,9,13H,3-4,6H2,1-2H3. The molecule has 2 rings (SSSR count). The molecule has 0 radical (unpaired) electrons. The molecule has 0 aromatic carbocycles. The van der Waals surface area contributed by atoms with E-state index in [0.717, 1.165) is 24.0 Å². The van der Waals surface area contributed by atoms with Crippen LogP contribution in [0, 0.1) is 0 Å². The van der Waals surface area contributed by atoms with Crippen LogP contribution >= 0.6 is 27.3 Å². The molecule has 0 spiro atoms. The van der Waals surface area contributed by atoms with E-state index in [1.807, 2.05) is 0 Å². The van der Waals surface area contributed by atoms with Crippen molar-refractivity contribution in [2.75, 3.05) is 13.2 Å². The lowest BCUT2D eigenvalue weighted by molar-refractivity contribution is 0.0680. The normalized spacial score (nSPS) is 26.2. The first-order chi connectivity index (χ1) is 7.07. The lowest BCUT2D eigenvalue weighted by Crippen LogP contribution is -2.39. The molecule has 1 fully saturated rings. The van der Waals surface area contributed by atoms with E-state index >= 15 is 0 Å². The van der Waals surface area contributed by atoms with Gasteiger partial charge in [0.15, 0.2) is 0 Å². The summed E-state index contributed by atoms with van der Waals surface area (Å²) in [6.45, 7) is 6.19. The van der Waals surface area contributed by atoms with E-state index in [0.29, 0.717) is 0 Å². The van der Waals surface area contributed by atoms with Gasteiger partial charge in [0, 0.05) is 33.4 Å². The molecule has 1 aromatic heterocycles. The van der Waals surface area contributed by atoms with E-state index in [2.05, 4.69) is 46.5 Å². The predicted molar refractivity (Wildman–Crippen MR) is 67.4 cm³/mol. The Kier molecular flexibility index (Phi) is 3.50. The molecule has 1 saturated heterocycles. The van der Waals surface area contributed by atoms with E-state index in [1.54, 1.807) is 11.3 Å². The van der Waals surface area contributed by atoms with Crippen molar-refractivity contribution in [3.63, 3.8) is 0 Å². The number of ether oxygens (including phenoxy) is 1. The summed E-state index contributed by atoms with van der Waals surface area (Å²) in [6.07, 6.45) is 1.28. The van der Waals surface area contributed by atoms with Crippen molar-refractivity contribution >= 4 is 27.3 Å². The van der Waals surface area contributed by atoms with Crippen molar-refractivity contribution in [3.05, 3.63) is 20.8 Å². The molecule has 84 valence electrons. The summed E-state index contributed by atoms with van der Waals surface area (Å²) in [5.41, 5.74) is 0.198. The summed E-state index contributed by atoms with van der Waals surface area (Å²) in [7, 11) is 0. The molecule has 1 aromatic rings. The molecular formula is C11H16BrNOS. The molecule has 15 heavy (non-hydrogen) atoms. The van der Waals surface area contributed by atoms with E-state index in [1.165, 1.54) is 4.88 Å². The summed E-state index contributed by atoms with van der Waals surface area (Å²) < 4.78 is 7.01. The molecule has 0 bridgehead atoms. The van der Waals surface area contributed by atoms with Crippen molar-refractivity contribution in [2.45, 2.75) is 31.9 Å². The number of hydrogen-bond donors (Lipinski definition) is 1. The maximum Gasteiger partial charge on any atom is 0.104 e. The highest BCUT2D eigenvalue weighted by Crippen LogP contribution is 2.29. The first-order valence-electron chi connectivity index (χ1n) is 5.17. The van der Waals surface area contributed by atoms with Crippen LogP contribution < -0.4 is 5.32 Å². The van der Waals surface area contributed by atoms with Gasteiger partial charge in [-0.15, -0.1) is 11.3 Å². The summed E-state index contributed by atoms with van der Waals surface area (Å²) >= 11 is 5.23. The van der Waals surface area contributed by atoms with Crippen LogP contribution in [0.4, 0.5) is 0 Å². The molecule has 4 heteroatoms. The van der Waals surface area contributed by atoms with Gasteiger partial charge in [-0.1, -0.05) is 0 Å². The van der Waals surface area contributed by atoms with Gasteiger partial charge in [-0.2, -0.15) is 0 Å². The number of rotatable bonds is 1. The molecule has 1 aliphatic rings. The second-order valence-corrected chi connectivity index (χ2v) is 6.40. The van der Waals surface area contributed by atoms with Crippen LogP contribution in [0.5, 0.6) is 0 Å². The Bertz CT molecular complexity index is 337. The average Bonchev–Trinajstić information content (AvgIpc) is 2.49. The summed E-state index contributed by atoms with van der Waals surface area (Å²) in [4.78, 5) is 1.30. The van der Waals surface area contributed by atoms with Gasteiger partial charge in [0.1, 0.15) is 6.10 Å². The zero-order valence-electron chi connectivity index (χ0n) is 9.05. The highest BCUT2D eigenvalue weighted by molar-refractivity contribution is 9.10. The fourth-order valence-corrected chi connectivity index (χ4v) is 3.15. The van der Waals surface area contributed by atoms with Gasteiger partial charge in [-0.3, -0.25) is 0 Å². The molecule has 0 aliphatic carbocycles. The highest BCUT2D eigenvalue weighted by Gasteiger charge is 2.25. The highest BCUT2D eigenvalue weighted by atomic mass is 79.9. The maximum atomic E-state index is 5.87. The van der Waals surface area contributed by atoms with Crippen molar-refractivity contribution in [3.8, 4) is 0 Å². The molecule has 2 nitrogen and oxygen atoms in total. The minimum absolute atomic E-state index is 0.198. The third kappa shape index (κ3) is 3.03. The van der Waals surface area contributed by atoms with Crippen molar-refractivity contribution in [1.82, 2.24) is 5.32 Å². The third-order valence-corrected chi connectivity index (χ3v) is 4.50. The Morgan fingerprint density at radius 2 is 2.40 bits per heavy atom. The van der Waals surface area contributed by atoms with E-state index in [9.17, 15) is 0 Å². The van der Waals surface area contributed by atoms with Crippen LogP contribution in [-0.4, -0.2) is 18.7 Å². The Morgan fingerprint density at radius 3 is 3.07 bits per heavy atom.